The SMILES string of the molecule is Cc1ccc(C)c(NC(=O)c2ccc3c(c2)NC(=O)C(C)S3)c1. The van der Waals surface area contributed by atoms with Crippen molar-refractivity contribution in [3.8, 4) is 0 Å². The summed E-state index contributed by atoms with van der Waals surface area (Å²) >= 11 is 1.51. The van der Waals surface area contributed by atoms with E-state index < -0.39 is 0 Å². The Morgan fingerprint density at radius 3 is 2.74 bits per heavy atom. The van der Waals surface area contributed by atoms with Gasteiger partial charge in [-0.1, -0.05) is 12.1 Å². The average molecular weight is 326 g/mol. The quantitative estimate of drug-likeness (QED) is 0.877. The summed E-state index contributed by atoms with van der Waals surface area (Å²) in [6.07, 6.45) is 0. The number of carbonyl (C=O) groups excluding carboxylic acids is 2. The van der Waals surface area contributed by atoms with Gasteiger partial charge in [0.1, 0.15) is 0 Å². The number of amides is 2. The summed E-state index contributed by atoms with van der Waals surface area (Å²) in [4.78, 5) is 25.2. The second kappa shape index (κ2) is 6.08. The number of anilines is 2. The first kappa shape index (κ1) is 15.6. The molecule has 1 aliphatic rings. The maximum Gasteiger partial charge on any atom is 0.255 e. The molecular formula is C18H18N2O2S. The molecule has 0 spiro atoms. The highest BCUT2D eigenvalue weighted by molar-refractivity contribution is 8.00. The zero-order chi connectivity index (χ0) is 16.6. The van der Waals surface area contributed by atoms with Gasteiger partial charge in [-0.3, -0.25) is 9.59 Å². The highest BCUT2D eigenvalue weighted by Gasteiger charge is 2.23. The Hall–Kier alpha value is -2.27. The standard InChI is InChI=1S/C18H18N2O2S/c1-10-4-5-11(2)14(8-10)19-18(22)13-6-7-16-15(9-13)20-17(21)12(3)23-16/h4-9,12H,1-3H3,(H,19,22)(H,20,21). The minimum atomic E-state index is -0.181. The average Bonchev–Trinajstić information content (AvgIpc) is 2.51. The zero-order valence-electron chi connectivity index (χ0n) is 13.3. The van der Waals surface area contributed by atoms with Gasteiger partial charge in [0.25, 0.3) is 5.91 Å². The van der Waals surface area contributed by atoms with Gasteiger partial charge in [-0.05, 0) is 56.2 Å². The zero-order valence-corrected chi connectivity index (χ0v) is 14.1. The first-order valence-corrected chi connectivity index (χ1v) is 8.32. The van der Waals surface area contributed by atoms with Crippen molar-refractivity contribution in [2.75, 3.05) is 10.6 Å². The predicted molar refractivity (Wildman–Crippen MR) is 94.3 cm³/mol. The van der Waals surface area contributed by atoms with Gasteiger partial charge < -0.3 is 10.6 Å². The van der Waals surface area contributed by atoms with Crippen LogP contribution < -0.4 is 10.6 Å². The van der Waals surface area contributed by atoms with E-state index in [-0.39, 0.29) is 17.1 Å². The monoisotopic (exact) mass is 326 g/mol. The number of aryl methyl sites for hydroxylation is 2. The molecule has 4 nitrogen and oxygen atoms in total. The Labute approximate surface area is 139 Å². The minimum absolute atomic E-state index is 0.0328. The van der Waals surface area contributed by atoms with Crippen LogP contribution in [-0.4, -0.2) is 17.1 Å². The molecule has 2 N–H and O–H groups in total. The molecule has 0 fully saturated rings. The van der Waals surface area contributed by atoms with E-state index in [1.54, 1.807) is 12.1 Å². The van der Waals surface area contributed by atoms with E-state index in [1.807, 2.05) is 45.0 Å². The molecule has 2 aromatic rings. The van der Waals surface area contributed by atoms with E-state index >= 15 is 0 Å². The third kappa shape index (κ3) is 3.24. The number of nitrogens with one attached hydrogen (secondary N) is 2. The maximum absolute atomic E-state index is 12.5. The molecule has 0 saturated carbocycles. The molecule has 0 aromatic heterocycles. The van der Waals surface area contributed by atoms with E-state index in [0.29, 0.717) is 11.3 Å². The molecule has 23 heavy (non-hydrogen) atoms. The van der Waals surface area contributed by atoms with E-state index in [4.69, 9.17) is 0 Å². The van der Waals surface area contributed by atoms with Gasteiger partial charge in [0.15, 0.2) is 0 Å². The summed E-state index contributed by atoms with van der Waals surface area (Å²) in [5, 5.41) is 5.67. The molecule has 118 valence electrons. The summed E-state index contributed by atoms with van der Waals surface area (Å²) in [5.41, 5.74) is 4.14. The Bertz CT molecular complexity index is 802. The summed E-state index contributed by atoms with van der Waals surface area (Å²) < 4.78 is 0. The van der Waals surface area contributed by atoms with Crippen LogP contribution in [-0.2, 0) is 4.79 Å². The van der Waals surface area contributed by atoms with Crippen molar-refractivity contribution in [1.82, 2.24) is 0 Å². The number of carbonyl (C=O) groups is 2. The van der Waals surface area contributed by atoms with Crippen molar-refractivity contribution in [1.29, 1.82) is 0 Å². The van der Waals surface area contributed by atoms with E-state index in [0.717, 1.165) is 21.7 Å². The first-order chi connectivity index (χ1) is 10.9. The maximum atomic E-state index is 12.5. The Morgan fingerprint density at radius 2 is 1.96 bits per heavy atom. The lowest BCUT2D eigenvalue weighted by molar-refractivity contribution is -0.115. The predicted octanol–water partition coefficient (Wildman–Crippen LogP) is 3.99. The molecule has 1 aliphatic heterocycles. The lowest BCUT2D eigenvalue weighted by Crippen LogP contribution is -2.26. The molecular weight excluding hydrogens is 308 g/mol. The summed E-state index contributed by atoms with van der Waals surface area (Å²) in [6, 6.07) is 11.3. The topological polar surface area (TPSA) is 58.2 Å². The van der Waals surface area contributed by atoms with Crippen LogP contribution in [0.1, 0.15) is 28.4 Å². The molecule has 2 aromatic carbocycles. The fourth-order valence-corrected chi connectivity index (χ4v) is 3.35. The summed E-state index contributed by atoms with van der Waals surface area (Å²) in [6.45, 7) is 5.81. The number of thioether (sulfide) groups is 1. The fourth-order valence-electron chi connectivity index (χ4n) is 2.42. The molecule has 1 heterocycles. The van der Waals surface area contributed by atoms with Crippen LogP contribution in [0, 0.1) is 13.8 Å². The lowest BCUT2D eigenvalue weighted by atomic mass is 10.1. The van der Waals surface area contributed by atoms with Gasteiger partial charge >= 0.3 is 0 Å². The molecule has 0 aliphatic carbocycles. The van der Waals surface area contributed by atoms with Gasteiger partial charge in [0.05, 0.1) is 10.9 Å². The molecule has 1 atom stereocenters. The number of hydrogen-bond donors (Lipinski definition) is 2. The minimum Gasteiger partial charge on any atom is -0.324 e. The van der Waals surface area contributed by atoms with Gasteiger partial charge in [-0.2, -0.15) is 0 Å². The van der Waals surface area contributed by atoms with Crippen molar-refractivity contribution in [2.24, 2.45) is 0 Å². The molecule has 1 unspecified atom stereocenters. The number of benzene rings is 2. The third-order valence-corrected chi connectivity index (χ3v) is 4.99. The van der Waals surface area contributed by atoms with E-state index in [9.17, 15) is 9.59 Å². The number of rotatable bonds is 2. The molecule has 5 heteroatoms. The van der Waals surface area contributed by atoms with Gasteiger partial charge in [-0.15, -0.1) is 11.8 Å². The molecule has 0 radical (unpaired) electrons. The van der Waals surface area contributed by atoms with Crippen LogP contribution in [0.15, 0.2) is 41.3 Å². The van der Waals surface area contributed by atoms with Gasteiger partial charge in [0, 0.05) is 16.1 Å². The van der Waals surface area contributed by atoms with Crippen molar-refractivity contribution < 1.29 is 9.59 Å². The molecule has 3 rings (SSSR count). The summed E-state index contributed by atoms with van der Waals surface area (Å²) in [7, 11) is 0. The third-order valence-electron chi connectivity index (χ3n) is 3.81. The van der Waals surface area contributed by atoms with Crippen molar-refractivity contribution in [3.63, 3.8) is 0 Å². The first-order valence-electron chi connectivity index (χ1n) is 7.44. The van der Waals surface area contributed by atoms with Crippen LogP contribution in [0.2, 0.25) is 0 Å². The molecule has 0 bridgehead atoms. The van der Waals surface area contributed by atoms with Crippen LogP contribution in [0.5, 0.6) is 0 Å². The second-order valence-electron chi connectivity index (χ2n) is 5.73. The Kier molecular flexibility index (Phi) is 4.13. The van der Waals surface area contributed by atoms with E-state index in [2.05, 4.69) is 10.6 Å². The largest absolute Gasteiger partial charge is 0.324 e. The smallest absolute Gasteiger partial charge is 0.255 e. The van der Waals surface area contributed by atoms with Crippen molar-refractivity contribution in [2.45, 2.75) is 30.9 Å². The fraction of sp³-hybridized carbons (Fsp3) is 0.222. The second-order valence-corrected chi connectivity index (χ2v) is 7.12. The summed E-state index contributed by atoms with van der Waals surface area (Å²) in [5.74, 6) is -0.214. The normalized spacial score (nSPS) is 16.5. The van der Waals surface area contributed by atoms with Crippen molar-refractivity contribution in [3.05, 3.63) is 53.1 Å². The van der Waals surface area contributed by atoms with Crippen molar-refractivity contribution >= 4 is 35.0 Å². The van der Waals surface area contributed by atoms with E-state index in [1.165, 1.54) is 11.8 Å². The molecule has 2 amide bonds. The Morgan fingerprint density at radius 1 is 1.17 bits per heavy atom. The molecule has 0 saturated heterocycles. The van der Waals surface area contributed by atoms with Crippen LogP contribution >= 0.6 is 11.8 Å². The lowest BCUT2D eigenvalue weighted by Gasteiger charge is -2.21. The highest BCUT2D eigenvalue weighted by Crippen LogP contribution is 2.36. The number of hydrogen-bond acceptors (Lipinski definition) is 3. The van der Waals surface area contributed by atoms with Gasteiger partial charge in [0.2, 0.25) is 5.91 Å². The van der Waals surface area contributed by atoms with Gasteiger partial charge in [-0.25, -0.2) is 0 Å². The number of fused-ring (bicyclic) bond motifs is 1. The van der Waals surface area contributed by atoms with Crippen LogP contribution in [0.4, 0.5) is 11.4 Å². The highest BCUT2D eigenvalue weighted by atomic mass is 32.2. The Balaban J connectivity index is 1.85. The van der Waals surface area contributed by atoms with Crippen LogP contribution in [0.25, 0.3) is 0 Å². The van der Waals surface area contributed by atoms with Crippen LogP contribution in [0.3, 0.4) is 0 Å².